The minimum Gasteiger partial charge on any atom is -0.103 e. The Kier molecular flexibility index (Phi) is 3.39. The van der Waals surface area contributed by atoms with Crippen molar-refractivity contribution < 1.29 is 0 Å². The van der Waals surface area contributed by atoms with Crippen LogP contribution in [0.25, 0.3) is 0 Å². The van der Waals surface area contributed by atoms with Crippen molar-refractivity contribution in [3.63, 3.8) is 0 Å². The molecule has 0 aliphatic rings. The molecule has 0 nitrogen and oxygen atoms in total. The van der Waals surface area contributed by atoms with Gasteiger partial charge in [-0.3, -0.25) is 0 Å². The van der Waals surface area contributed by atoms with E-state index in [1.54, 1.807) is 0 Å². The zero-order valence-corrected chi connectivity index (χ0v) is 6.62. The van der Waals surface area contributed by atoms with Gasteiger partial charge in [-0.2, -0.15) is 0 Å². The van der Waals surface area contributed by atoms with Crippen molar-refractivity contribution in [2.24, 2.45) is 5.41 Å². The first-order valence-electron chi connectivity index (χ1n) is 3.37. The van der Waals surface area contributed by atoms with Gasteiger partial charge in [0.15, 0.2) is 0 Å². The van der Waals surface area contributed by atoms with Crippen LogP contribution in [0, 0.1) is 24.2 Å². The molecule has 0 fully saturated rings. The predicted molar refractivity (Wildman–Crippen MR) is 41.8 cm³/mol. The van der Waals surface area contributed by atoms with Gasteiger partial charge in [-0.1, -0.05) is 27.2 Å². The van der Waals surface area contributed by atoms with E-state index in [0.717, 1.165) is 6.42 Å². The lowest BCUT2D eigenvalue weighted by Gasteiger charge is -2.18. The third-order valence-electron chi connectivity index (χ3n) is 1.65. The summed E-state index contributed by atoms with van der Waals surface area (Å²) in [5.74, 6) is 5.64. The van der Waals surface area contributed by atoms with Crippen LogP contribution in [-0.4, -0.2) is 0 Å². The Bertz CT molecular complexity index is 121. The van der Waals surface area contributed by atoms with Gasteiger partial charge in [0.25, 0.3) is 0 Å². The van der Waals surface area contributed by atoms with Gasteiger partial charge in [0.1, 0.15) is 0 Å². The predicted octanol–water partition coefficient (Wildman–Crippen LogP) is 2.65. The maximum absolute atomic E-state index is 3.46. The maximum Gasteiger partial charge on any atom is 0.0198 e. The Labute approximate surface area is 58.7 Å². The summed E-state index contributed by atoms with van der Waals surface area (Å²) in [4.78, 5) is 0. The van der Waals surface area contributed by atoms with Gasteiger partial charge in [0, 0.05) is 13.3 Å². The molecular formula is C9H15. The molecule has 0 aliphatic heterocycles. The van der Waals surface area contributed by atoms with E-state index in [1.807, 2.05) is 0 Å². The van der Waals surface area contributed by atoms with Gasteiger partial charge in [-0.05, 0) is 5.41 Å². The van der Waals surface area contributed by atoms with Crippen LogP contribution in [0.4, 0.5) is 0 Å². The minimum atomic E-state index is 0.380. The SMILES string of the molecule is [CH2]C#CCC(C)(C)CC. The molecule has 0 spiro atoms. The molecule has 0 atom stereocenters. The quantitative estimate of drug-likeness (QED) is 0.495. The molecule has 51 valence electrons. The summed E-state index contributed by atoms with van der Waals surface area (Å²) < 4.78 is 0. The normalized spacial score (nSPS) is 10.2. The highest BCUT2D eigenvalue weighted by Crippen LogP contribution is 2.22. The van der Waals surface area contributed by atoms with Crippen molar-refractivity contribution in [3.05, 3.63) is 6.92 Å². The Morgan fingerprint density at radius 1 is 1.44 bits per heavy atom. The van der Waals surface area contributed by atoms with Gasteiger partial charge >= 0.3 is 0 Å². The molecule has 0 rings (SSSR count). The minimum absolute atomic E-state index is 0.380. The van der Waals surface area contributed by atoms with Crippen LogP contribution >= 0.6 is 0 Å². The van der Waals surface area contributed by atoms with E-state index in [9.17, 15) is 0 Å². The fourth-order valence-electron chi connectivity index (χ4n) is 0.427. The lowest BCUT2D eigenvalue weighted by atomic mass is 9.87. The van der Waals surface area contributed by atoms with Gasteiger partial charge in [-0.25, -0.2) is 0 Å². The molecule has 1 radical (unpaired) electrons. The lowest BCUT2D eigenvalue weighted by Crippen LogP contribution is -2.07. The number of rotatable bonds is 2. The van der Waals surface area contributed by atoms with Gasteiger partial charge in [0.05, 0.1) is 0 Å². The number of hydrogen-bond donors (Lipinski definition) is 0. The maximum atomic E-state index is 3.46. The second-order valence-corrected chi connectivity index (χ2v) is 3.05. The van der Waals surface area contributed by atoms with Crippen molar-refractivity contribution in [2.45, 2.75) is 33.6 Å². The van der Waals surface area contributed by atoms with Gasteiger partial charge in [0.2, 0.25) is 0 Å². The third-order valence-corrected chi connectivity index (χ3v) is 1.65. The summed E-state index contributed by atoms with van der Waals surface area (Å²) in [5.41, 5.74) is 0.380. The van der Waals surface area contributed by atoms with E-state index in [0.29, 0.717) is 5.41 Å². The van der Waals surface area contributed by atoms with E-state index in [1.165, 1.54) is 6.42 Å². The summed E-state index contributed by atoms with van der Waals surface area (Å²) in [6.45, 7) is 10.1. The highest BCUT2D eigenvalue weighted by molar-refractivity contribution is 5.03. The smallest absolute Gasteiger partial charge is 0.0198 e. The van der Waals surface area contributed by atoms with Crippen molar-refractivity contribution in [3.8, 4) is 11.8 Å². The Balaban J connectivity index is 3.67. The molecule has 0 N–H and O–H groups in total. The summed E-state index contributed by atoms with van der Waals surface area (Å²) in [7, 11) is 0. The highest BCUT2D eigenvalue weighted by Gasteiger charge is 2.11. The van der Waals surface area contributed by atoms with Gasteiger partial charge < -0.3 is 0 Å². The monoisotopic (exact) mass is 123 g/mol. The van der Waals surface area contributed by atoms with Crippen LogP contribution in [0.1, 0.15) is 33.6 Å². The van der Waals surface area contributed by atoms with Crippen molar-refractivity contribution in [1.82, 2.24) is 0 Å². The molecule has 0 amide bonds. The van der Waals surface area contributed by atoms with Crippen LogP contribution in [0.15, 0.2) is 0 Å². The van der Waals surface area contributed by atoms with E-state index in [2.05, 4.69) is 39.5 Å². The Hall–Kier alpha value is -0.440. The van der Waals surface area contributed by atoms with E-state index in [-0.39, 0.29) is 0 Å². The Morgan fingerprint density at radius 2 is 2.00 bits per heavy atom. The molecule has 0 heteroatoms. The van der Waals surface area contributed by atoms with Crippen molar-refractivity contribution >= 4 is 0 Å². The third kappa shape index (κ3) is 4.09. The second-order valence-electron chi connectivity index (χ2n) is 3.05. The molecule has 0 saturated heterocycles. The van der Waals surface area contributed by atoms with Gasteiger partial charge in [-0.15, -0.1) is 11.8 Å². The molecule has 0 saturated carbocycles. The Morgan fingerprint density at radius 3 is 2.33 bits per heavy atom. The summed E-state index contributed by atoms with van der Waals surface area (Å²) in [6.07, 6.45) is 2.15. The van der Waals surface area contributed by atoms with Crippen LogP contribution in [0.3, 0.4) is 0 Å². The van der Waals surface area contributed by atoms with Crippen molar-refractivity contribution in [1.29, 1.82) is 0 Å². The molecule has 0 aromatic rings. The molecule has 0 bridgehead atoms. The first-order chi connectivity index (χ1) is 4.12. The highest BCUT2D eigenvalue weighted by atomic mass is 14.2. The molecule has 9 heavy (non-hydrogen) atoms. The molecule has 0 aliphatic carbocycles. The second kappa shape index (κ2) is 3.56. The van der Waals surface area contributed by atoms with Crippen molar-refractivity contribution in [2.75, 3.05) is 0 Å². The molecule has 0 unspecified atom stereocenters. The first-order valence-corrected chi connectivity index (χ1v) is 3.37. The molecule has 0 heterocycles. The fourth-order valence-corrected chi connectivity index (χ4v) is 0.427. The summed E-state index contributed by atoms with van der Waals surface area (Å²) in [6, 6.07) is 0. The largest absolute Gasteiger partial charge is 0.103 e. The lowest BCUT2D eigenvalue weighted by molar-refractivity contribution is 0.363. The van der Waals surface area contributed by atoms with Crippen LogP contribution < -0.4 is 0 Å². The summed E-state index contributed by atoms with van der Waals surface area (Å²) in [5, 5.41) is 0. The van der Waals surface area contributed by atoms with E-state index >= 15 is 0 Å². The zero-order valence-electron chi connectivity index (χ0n) is 6.62. The van der Waals surface area contributed by atoms with Crippen LogP contribution in [0.2, 0.25) is 0 Å². The molecular weight excluding hydrogens is 108 g/mol. The fraction of sp³-hybridized carbons (Fsp3) is 0.667. The first kappa shape index (κ1) is 8.56. The van der Waals surface area contributed by atoms with Crippen LogP contribution in [0.5, 0.6) is 0 Å². The summed E-state index contributed by atoms with van der Waals surface area (Å²) >= 11 is 0. The average molecular weight is 123 g/mol. The molecule has 0 aromatic carbocycles. The standard InChI is InChI=1S/C9H15/c1-5-7-8-9(3,4)6-2/h1,6,8H2,2-4H3. The topological polar surface area (TPSA) is 0 Å². The van der Waals surface area contributed by atoms with E-state index in [4.69, 9.17) is 0 Å². The van der Waals surface area contributed by atoms with E-state index < -0.39 is 0 Å². The average Bonchev–Trinajstić information content (AvgIpc) is 1.84. The molecule has 0 aromatic heterocycles. The number of hydrogen-bond acceptors (Lipinski definition) is 0. The van der Waals surface area contributed by atoms with Crippen LogP contribution in [-0.2, 0) is 0 Å². The zero-order chi connectivity index (χ0) is 7.33.